The maximum Gasteiger partial charge on any atom is 0.283 e. The molecule has 0 saturated heterocycles. The summed E-state index contributed by atoms with van der Waals surface area (Å²) in [6, 6.07) is 13.6. The zero-order chi connectivity index (χ0) is 22.4. The molecule has 32 heavy (non-hydrogen) atoms. The van der Waals surface area contributed by atoms with Crippen molar-refractivity contribution in [1.29, 1.82) is 5.41 Å². The molecule has 0 bridgehead atoms. The Morgan fingerprint density at radius 2 is 1.97 bits per heavy atom. The Hall–Kier alpha value is -2.94. The summed E-state index contributed by atoms with van der Waals surface area (Å²) >= 11 is 9.03. The number of thioether (sulfide) groups is 1. The van der Waals surface area contributed by atoms with Gasteiger partial charge in [0, 0.05) is 33.4 Å². The highest BCUT2D eigenvalue weighted by Gasteiger charge is 2.35. The van der Waals surface area contributed by atoms with Crippen molar-refractivity contribution in [1.82, 2.24) is 9.58 Å². The minimum absolute atomic E-state index is 0.0463. The van der Waals surface area contributed by atoms with Crippen molar-refractivity contribution in [2.45, 2.75) is 20.3 Å². The van der Waals surface area contributed by atoms with Crippen LogP contribution in [0.3, 0.4) is 0 Å². The summed E-state index contributed by atoms with van der Waals surface area (Å²) < 4.78 is 2.09. The second-order valence-electron chi connectivity index (χ2n) is 7.41. The SMILES string of the molecule is Cc1cc(/C=C2/C(=N)N3N=C(Cc4cccs4)SC3=NC2=O)c(C)n1-c1ccc(Cl)cc1. The van der Waals surface area contributed by atoms with Crippen molar-refractivity contribution in [2.24, 2.45) is 10.1 Å². The third-order valence-electron chi connectivity index (χ3n) is 5.26. The molecule has 0 radical (unpaired) electrons. The number of hydrazone groups is 1. The molecule has 4 heterocycles. The van der Waals surface area contributed by atoms with E-state index in [1.165, 1.54) is 21.6 Å². The van der Waals surface area contributed by atoms with Crippen LogP contribution in [-0.4, -0.2) is 31.5 Å². The van der Waals surface area contributed by atoms with Gasteiger partial charge in [-0.25, -0.2) is 0 Å². The molecule has 0 spiro atoms. The fourth-order valence-electron chi connectivity index (χ4n) is 3.74. The molecule has 6 nitrogen and oxygen atoms in total. The number of fused-ring (bicyclic) bond motifs is 1. The third kappa shape index (κ3) is 3.74. The zero-order valence-electron chi connectivity index (χ0n) is 17.3. The first-order valence-corrected chi connectivity index (χ1v) is 11.9. The molecule has 0 unspecified atom stereocenters. The number of halogens is 1. The van der Waals surface area contributed by atoms with Gasteiger partial charge in [-0.15, -0.1) is 11.3 Å². The molecule has 1 aromatic carbocycles. The van der Waals surface area contributed by atoms with E-state index in [1.807, 2.05) is 61.7 Å². The number of amides is 1. The van der Waals surface area contributed by atoms with E-state index < -0.39 is 5.91 Å². The molecule has 3 aromatic rings. The van der Waals surface area contributed by atoms with Crippen LogP contribution in [0.25, 0.3) is 11.8 Å². The van der Waals surface area contributed by atoms with E-state index in [1.54, 1.807) is 17.4 Å². The van der Waals surface area contributed by atoms with Crippen LogP contribution in [0.5, 0.6) is 0 Å². The third-order valence-corrected chi connectivity index (χ3v) is 7.29. The number of aromatic nitrogens is 1. The lowest BCUT2D eigenvalue weighted by atomic mass is 10.1. The molecule has 0 saturated carbocycles. The van der Waals surface area contributed by atoms with Gasteiger partial charge in [0.1, 0.15) is 5.04 Å². The number of rotatable bonds is 4. The first kappa shape index (κ1) is 20.9. The topological polar surface area (TPSA) is 73.8 Å². The zero-order valence-corrected chi connectivity index (χ0v) is 19.7. The maximum absolute atomic E-state index is 12.8. The summed E-state index contributed by atoms with van der Waals surface area (Å²) in [4.78, 5) is 18.2. The highest BCUT2D eigenvalue weighted by molar-refractivity contribution is 8.27. The van der Waals surface area contributed by atoms with Crippen molar-refractivity contribution >= 4 is 62.7 Å². The number of nitrogens with one attached hydrogen (secondary N) is 1. The van der Waals surface area contributed by atoms with Crippen molar-refractivity contribution in [3.8, 4) is 5.69 Å². The monoisotopic (exact) mass is 479 g/mol. The number of carbonyl (C=O) groups excluding carboxylic acids is 1. The Morgan fingerprint density at radius 1 is 1.19 bits per heavy atom. The summed E-state index contributed by atoms with van der Waals surface area (Å²) in [5.41, 5.74) is 4.05. The van der Waals surface area contributed by atoms with Gasteiger partial charge in [-0.05, 0) is 79.0 Å². The van der Waals surface area contributed by atoms with E-state index in [-0.39, 0.29) is 11.4 Å². The molecule has 2 aliphatic heterocycles. The normalized spacial score (nSPS) is 17.1. The highest BCUT2D eigenvalue weighted by atomic mass is 35.5. The molecular weight excluding hydrogens is 462 g/mol. The van der Waals surface area contributed by atoms with Crippen molar-refractivity contribution in [2.75, 3.05) is 0 Å². The Morgan fingerprint density at radius 3 is 2.69 bits per heavy atom. The van der Waals surface area contributed by atoms with Gasteiger partial charge in [0.15, 0.2) is 5.84 Å². The molecule has 1 N–H and O–H groups in total. The van der Waals surface area contributed by atoms with Gasteiger partial charge in [-0.1, -0.05) is 17.7 Å². The van der Waals surface area contributed by atoms with Crippen LogP contribution in [0.1, 0.15) is 21.8 Å². The van der Waals surface area contributed by atoms with Gasteiger partial charge in [-0.2, -0.15) is 15.1 Å². The molecule has 1 amide bonds. The number of thiophene rings is 1. The van der Waals surface area contributed by atoms with Crippen molar-refractivity contribution in [3.63, 3.8) is 0 Å². The molecule has 0 aliphatic carbocycles. The fraction of sp³-hybridized carbons (Fsp3) is 0.130. The lowest BCUT2D eigenvalue weighted by Crippen LogP contribution is -2.35. The van der Waals surface area contributed by atoms with E-state index >= 15 is 0 Å². The lowest BCUT2D eigenvalue weighted by molar-refractivity contribution is -0.114. The molecular formula is C23H18ClN5OS2. The van der Waals surface area contributed by atoms with Crippen molar-refractivity contribution < 1.29 is 4.79 Å². The standard InChI is InChI=1S/C23H18ClN5OS2/c1-13-10-15(14(2)28(13)17-7-5-16(24)6-8-17)11-19-21(25)29-23(26-22(19)30)32-20(27-29)12-18-4-3-9-31-18/h3-11,25H,12H2,1-2H3/b19-11-,25-21?. The van der Waals surface area contributed by atoms with Gasteiger partial charge in [-0.3, -0.25) is 10.2 Å². The van der Waals surface area contributed by atoms with E-state index in [2.05, 4.69) is 14.7 Å². The molecule has 9 heteroatoms. The number of aliphatic imine (C=N–C) groups is 1. The first-order valence-electron chi connectivity index (χ1n) is 9.87. The lowest BCUT2D eigenvalue weighted by Gasteiger charge is -2.20. The number of hydrogen-bond acceptors (Lipinski definition) is 5. The number of aryl methyl sites for hydroxylation is 1. The molecule has 2 aromatic heterocycles. The van der Waals surface area contributed by atoms with E-state index in [4.69, 9.17) is 17.0 Å². The maximum atomic E-state index is 12.8. The Labute approximate surface area is 198 Å². The van der Waals surface area contributed by atoms with E-state index in [0.29, 0.717) is 16.6 Å². The van der Waals surface area contributed by atoms with Crippen LogP contribution in [-0.2, 0) is 11.2 Å². The summed E-state index contributed by atoms with van der Waals surface area (Å²) in [6.07, 6.45) is 2.40. The van der Waals surface area contributed by atoms with Gasteiger partial charge >= 0.3 is 0 Å². The minimum atomic E-state index is -0.419. The van der Waals surface area contributed by atoms with E-state index in [0.717, 1.165) is 27.7 Å². The van der Waals surface area contributed by atoms with Crippen LogP contribution in [0, 0.1) is 19.3 Å². The average molecular weight is 480 g/mol. The fourth-order valence-corrected chi connectivity index (χ4v) is 5.58. The largest absolute Gasteiger partial charge is 0.318 e. The van der Waals surface area contributed by atoms with Crippen LogP contribution in [0.2, 0.25) is 5.02 Å². The first-order chi connectivity index (χ1) is 15.4. The minimum Gasteiger partial charge on any atom is -0.318 e. The number of amidine groups is 2. The molecule has 2 aliphatic rings. The smallest absolute Gasteiger partial charge is 0.283 e. The molecule has 0 atom stereocenters. The Kier molecular flexibility index (Phi) is 5.36. The Balaban J connectivity index is 1.47. The second kappa shape index (κ2) is 8.20. The molecule has 0 fully saturated rings. The predicted molar refractivity (Wildman–Crippen MR) is 133 cm³/mol. The number of nitrogens with zero attached hydrogens (tertiary/aromatic N) is 4. The van der Waals surface area contributed by atoms with Crippen LogP contribution in [0.15, 0.2) is 63.5 Å². The second-order valence-corrected chi connectivity index (χ2v) is 9.92. The van der Waals surface area contributed by atoms with Crippen LogP contribution < -0.4 is 0 Å². The summed E-state index contributed by atoms with van der Waals surface area (Å²) in [7, 11) is 0. The quantitative estimate of drug-likeness (QED) is 0.490. The van der Waals surface area contributed by atoms with E-state index in [9.17, 15) is 4.79 Å². The number of hydrogen-bond donors (Lipinski definition) is 1. The van der Waals surface area contributed by atoms with Gasteiger partial charge in [0.05, 0.1) is 5.57 Å². The summed E-state index contributed by atoms with van der Waals surface area (Å²) in [6.45, 7) is 3.99. The van der Waals surface area contributed by atoms with Crippen molar-refractivity contribution in [3.05, 3.63) is 80.3 Å². The van der Waals surface area contributed by atoms with Gasteiger partial charge in [0.2, 0.25) is 5.17 Å². The van der Waals surface area contributed by atoms with Crippen LogP contribution in [0.4, 0.5) is 0 Å². The Bertz CT molecular complexity index is 1330. The summed E-state index contributed by atoms with van der Waals surface area (Å²) in [5.74, 6) is -0.373. The number of carbonyl (C=O) groups is 1. The molecule has 5 rings (SSSR count). The van der Waals surface area contributed by atoms with Gasteiger partial charge in [0.25, 0.3) is 5.91 Å². The molecule has 160 valence electrons. The number of benzene rings is 1. The summed E-state index contributed by atoms with van der Waals surface area (Å²) in [5, 5.41) is 18.6. The predicted octanol–water partition coefficient (Wildman–Crippen LogP) is 5.67. The average Bonchev–Trinajstić information content (AvgIpc) is 3.47. The highest BCUT2D eigenvalue weighted by Crippen LogP contribution is 2.31. The van der Waals surface area contributed by atoms with Gasteiger partial charge < -0.3 is 4.57 Å². The van der Waals surface area contributed by atoms with Crippen LogP contribution >= 0.6 is 34.7 Å².